The molecule has 50 heavy (non-hydrogen) atoms. The number of phosphoric ester groups is 1. The number of amides is 1. The van der Waals surface area contributed by atoms with Crippen molar-refractivity contribution in [1.29, 1.82) is 0 Å². The molecule has 3 atom stereocenters. The van der Waals surface area contributed by atoms with Crippen molar-refractivity contribution in [2.24, 2.45) is 0 Å². The summed E-state index contributed by atoms with van der Waals surface area (Å²) in [6.45, 7) is 4.58. The van der Waals surface area contributed by atoms with Crippen LogP contribution in [0.4, 0.5) is 0 Å². The van der Waals surface area contributed by atoms with Gasteiger partial charge >= 0.3 is 7.82 Å². The van der Waals surface area contributed by atoms with Crippen LogP contribution in [-0.2, 0) is 18.4 Å². The largest absolute Gasteiger partial charge is 0.472 e. The first-order chi connectivity index (χ1) is 24.0. The average Bonchev–Trinajstić information content (AvgIpc) is 3.06. The summed E-state index contributed by atoms with van der Waals surface area (Å²) in [5.41, 5.74) is 0. The second-order valence-electron chi connectivity index (χ2n) is 15.0. The van der Waals surface area contributed by atoms with Gasteiger partial charge in [-0.3, -0.25) is 13.8 Å². The monoisotopic (exact) mass is 728 g/mol. The SMILES string of the molecule is CCC/C=C/C(O)C(COP(=O)(O)OCC[N+](C)(C)C)NC(=O)CCCCCCCCCCCCCCC/C=C\C/C=C\CCCCCCC. The van der Waals surface area contributed by atoms with Crippen LogP contribution >= 0.6 is 7.82 Å². The number of aliphatic hydroxyl groups is 1. The predicted molar refractivity (Wildman–Crippen MR) is 212 cm³/mol. The number of rotatable bonds is 36. The van der Waals surface area contributed by atoms with Gasteiger partial charge < -0.3 is 19.8 Å². The normalized spacial score (nSPS) is 14.9. The summed E-state index contributed by atoms with van der Waals surface area (Å²) in [5.74, 6) is -0.191. The smallest absolute Gasteiger partial charge is 0.387 e. The van der Waals surface area contributed by atoms with E-state index in [1.54, 1.807) is 6.08 Å². The van der Waals surface area contributed by atoms with Crippen LogP contribution < -0.4 is 5.32 Å². The van der Waals surface area contributed by atoms with Gasteiger partial charge in [0.05, 0.1) is 39.9 Å². The fourth-order valence-electron chi connectivity index (χ4n) is 5.55. The molecule has 0 aliphatic carbocycles. The van der Waals surface area contributed by atoms with Gasteiger partial charge in [0, 0.05) is 6.42 Å². The van der Waals surface area contributed by atoms with E-state index in [0.29, 0.717) is 17.4 Å². The topological polar surface area (TPSA) is 105 Å². The molecule has 0 bridgehead atoms. The Labute approximate surface area is 308 Å². The Kier molecular flexibility index (Phi) is 32.7. The minimum Gasteiger partial charge on any atom is -0.387 e. The lowest BCUT2D eigenvalue weighted by Crippen LogP contribution is -2.45. The molecule has 3 unspecified atom stereocenters. The molecular weight excluding hydrogens is 647 g/mol. The molecule has 0 aliphatic heterocycles. The maximum absolute atomic E-state index is 12.7. The molecule has 0 fully saturated rings. The quantitative estimate of drug-likeness (QED) is 0.0257. The Morgan fingerprint density at radius 2 is 1.18 bits per heavy atom. The summed E-state index contributed by atoms with van der Waals surface area (Å²) in [5, 5.41) is 13.4. The molecule has 0 heterocycles. The van der Waals surface area contributed by atoms with Crippen LogP contribution in [0.1, 0.15) is 168 Å². The van der Waals surface area contributed by atoms with Crippen LogP contribution in [0.2, 0.25) is 0 Å². The van der Waals surface area contributed by atoms with Crippen molar-refractivity contribution in [2.75, 3.05) is 40.9 Å². The molecule has 8 nitrogen and oxygen atoms in total. The Morgan fingerprint density at radius 1 is 0.680 bits per heavy atom. The van der Waals surface area contributed by atoms with Crippen LogP contribution in [-0.4, -0.2) is 73.4 Å². The van der Waals surface area contributed by atoms with Crippen LogP contribution in [0.5, 0.6) is 0 Å². The van der Waals surface area contributed by atoms with E-state index in [0.717, 1.165) is 38.5 Å². The lowest BCUT2D eigenvalue weighted by atomic mass is 10.0. The number of carbonyl (C=O) groups is 1. The lowest BCUT2D eigenvalue weighted by molar-refractivity contribution is -0.870. The van der Waals surface area contributed by atoms with E-state index in [2.05, 4.69) is 36.5 Å². The minimum absolute atomic E-state index is 0.0594. The number of allylic oxidation sites excluding steroid dienone is 5. The summed E-state index contributed by atoms with van der Waals surface area (Å²) in [6, 6.07) is -0.840. The summed E-state index contributed by atoms with van der Waals surface area (Å²) >= 11 is 0. The molecule has 0 spiro atoms. The lowest BCUT2D eigenvalue weighted by Gasteiger charge is -2.25. The van der Waals surface area contributed by atoms with Crippen LogP contribution in [0, 0.1) is 0 Å². The van der Waals surface area contributed by atoms with Gasteiger partial charge in [0.2, 0.25) is 5.91 Å². The van der Waals surface area contributed by atoms with Crippen LogP contribution in [0.3, 0.4) is 0 Å². The molecule has 0 radical (unpaired) electrons. The third kappa shape index (κ3) is 35.1. The van der Waals surface area contributed by atoms with Gasteiger partial charge in [0.25, 0.3) is 0 Å². The maximum Gasteiger partial charge on any atom is 0.472 e. The second kappa shape index (κ2) is 33.5. The molecule has 0 saturated carbocycles. The van der Waals surface area contributed by atoms with Crippen LogP contribution in [0.25, 0.3) is 0 Å². The Morgan fingerprint density at radius 3 is 1.68 bits per heavy atom. The van der Waals surface area contributed by atoms with Gasteiger partial charge in [-0.25, -0.2) is 4.57 Å². The molecule has 0 rings (SSSR count). The zero-order valence-electron chi connectivity index (χ0n) is 33.1. The standard InChI is InChI=1S/C41H79N2O6P/c1-6-8-10-11-12-13-14-15-16-17-18-19-20-21-22-23-24-25-26-27-28-29-30-31-33-35-41(45)42-39(40(44)34-32-9-7-2)38-49-50(46,47)48-37-36-43(3,4)5/h14-15,17-18,32,34,39-40,44H,6-13,16,19-31,33,35-38H2,1-5H3,(H-,42,45,46,47)/p+1/b15-14-,18-17-,34-32+. The average molecular weight is 728 g/mol. The fourth-order valence-corrected chi connectivity index (χ4v) is 6.28. The molecule has 0 aromatic heterocycles. The summed E-state index contributed by atoms with van der Waals surface area (Å²) in [7, 11) is 1.56. The van der Waals surface area contributed by atoms with Crippen molar-refractivity contribution in [3.05, 3.63) is 36.5 Å². The Hall–Kier alpha value is -1.28. The molecule has 0 aromatic carbocycles. The molecule has 0 aromatic rings. The number of nitrogens with one attached hydrogen (secondary N) is 1. The Bertz CT molecular complexity index is 917. The van der Waals surface area contributed by atoms with E-state index in [1.807, 2.05) is 34.1 Å². The van der Waals surface area contributed by atoms with E-state index < -0.39 is 20.0 Å². The molecule has 1 amide bonds. The molecule has 3 N–H and O–H groups in total. The van der Waals surface area contributed by atoms with E-state index in [1.165, 1.54) is 109 Å². The predicted octanol–water partition coefficient (Wildman–Crippen LogP) is 10.7. The van der Waals surface area contributed by atoms with E-state index in [4.69, 9.17) is 9.05 Å². The number of unbranched alkanes of at least 4 members (excludes halogenated alkanes) is 19. The number of aliphatic hydroxyl groups excluding tert-OH is 1. The Balaban J connectivity index is 3.91. The first kappa shape index (κ1) is 48.7. The van der Waals surface area contributed by atoms with Crippen molar-refractivity contribution < 1.29 is 32.9 Å². The van der Waals surface area contributed by atoms with Crippen LogP contribution in [0.15, 0.2) is 36.5 Å². The highest BCUT2D eigenvalue weighted by Crippen LogP contribution is 2.43. The number of hydrogen-bond acceptors (Lipinski definition) is 5. The van der Waals surface area contributed by atoms with E-state index in [9.17, 15) is 19.4 Å². The molecule has 0 saturated heterocycles. The van der Waals surface area contributed by atoms with Crippen molar-refractivity contribution in [1.82, 2.24) is 5.32 Å². The highest BCUT2D eigenvalue weighted by atomic mass is 31.2. The zero-order chi connectivity index (χ0) is 37.2. The van der Waals surface area contributed by atoms with Crippen molar-refractivity contribution >= 4 is 13.7 Å². The number of likely N-dealkylation sites (N-methyl/N-ethyl adjacent to an activating group) is 1. The van der Waals surface area contributed by atoms with E-state index >= 15 is 0 Å². The summed E-state index contributed by atoms with van der Waals surface area (Å²) < 4.78 is 23.2. The maximum atomic E-state index is 12.7. The number of hydrogen-bond donors (Lipinski definition) is 3. The van der Waals surface area contributed by atoms with Crippen molar-refractivity contribution in [3.8, 4) is 0 Å². The summed E-state index contributed by atoms with van der Waals surface area (Å²) in [6.07, 6.45) is 40.2. The molecule has 294 valence electrons. The summed E-state index contributed by atoms with van der Waals surface area (Å²) in [4.78, 5) is 22.7. The van der Waals surface area contributed by atoms with Gasteiger partial charge in [-0.15, -0.1) is 0 Å². The second-order valence-corrected chi connectivity index (χ2v) is 16.5. The first-order valence-electron chi connectivity index (χ1n) is 20.4. The molecule has 0 aliphatic rings. The third-order valence-electron chi connectivity index (χ3n) is 8.84. The van der Waals surface area contributed by atoms with Gasteiger partial charge in [-0.2, -0.15) is 0 Å². The first-order valence-corrected chi connectivity index (χ1v) is 21.9. The number of carbonyl (C=O) groups excluding carboxylic acids is 1. The van der Waals surface area contributed by atoms with Gasteiger partial charge in [0.15, 0.2) is 0 Å². The van der Waals surface area contributed by atoms with Gasteiger partial charge in [-0.05, 0) is 44.9 Å². The minimum atomic E-state index is -4.31. The number of nitrogens with zero attached hydrogens (tertiary/aromatic N) is 1. The van der Waals surface area contributed by atoms with Crippen molar-refractivity contribution in [3.63, 3.8) is 0 Å². The van der Waals surface area contributed by atoms with Gasteiger partial charge in [0.1, 0.15) is 13.2 Å². The fraction of sp³-hybridized carbons (Fsp3) is 0.829. The zero-order valence-corrected chi connectivity index (χ0v) is 34.0. The molecule has 9 heteroatoms. The third-order valence-corrected chi connectivity index (χ3v) is 9.82. The number of phosphoric acid groups is 1. The van der Waals surface area contributed by atoms with Crippen molar-refractivity contribution in [2.45, 2.75) is 180 Å². The highest BCUT2D eigenvalue weighted by molar-refractivity contribution is 7.47. The molecular formula is C41H80N2O6P+. The van der Waals surface area contributed by atoms with E-state index in [-0.39, 0.29) is 19.1 Å². The van der Waals surface area contributed by atoms with Gasteiger partial charge in [-0.1, -0.05) is 153 Å². The highest BCUT2D eigenvalue weighted by Gasteiger charge is 2.27. The number of quaternary nitrogens is 1.